The number of rotatable bonds is 5. The summed E-state index contributed by atoms with van der Waals surface area (Å²) in [5.41, 5.74) is 0.939. The summed E-state index contributed by atoms with van der Waals surface area (Å²) in [5, 5.41) is 18.5. The molecular formula is C9H14N3O8P. The van der Waals surface area contributed by atoms with E-state index in [0.717, 1.165) is 4.57 Å². The third-order valence-electron chi connectivity index (χ3n) is 2.81. The highest BCUT2D eigenvalue weighted by Crippen LogP contribution is 2.38. The molecule has 0 bridgehead atoms. The van der Waals surface area contributed by atoms with Gasteiger partial charge in [-0.25, -0.2) is 9.36 Å². The highest BCUT2D eigenvalue weighted by molar-refractivity contribution is 7.46. The van der Waals surface area contributed by atoms with Gasteiger partial charge in [-0.15, -0.1) is 0 Å². The van der Waals surface area contributed by atoms with Gasteiger partial charge < -0.3 is 19.6 Å². The number of nitrogens with one attached hydrogen (secondary N) is 1. The van der Waals surface area contributed by atoms with E-state index in [-0.39, 0.29) is 12.2 Å². The molecule has 1 aliphatic rings. The molecule has 0 aromatic carbocycles. The Kier molecular flexibility index (Phi) is 4.74. The maximum Gasteiger partial charge on any atom is 0.469 e. The molecule has 0 amide bonds. The Morgan fingerprint density at radius 2 is 2.29 bits per heavy atom. The van der Waals surface area contributed by atoms with Gasteiger partial charge in [0.05, 0.1) is 12.7 Å². The first-order valence-electron chi connectivity index (χ1n) is 5.83. The molecule has 118 valence electrons. The lowest BCUT2D eigenvalue weighted by Gasteiger charge is -2.17. The molecule has 2 rings (SSSR count). The number of phosphoric acid groups is 1. The predicted molar refractivity (Wildman–Crippen MR) is 66.4 cm³/mol. The first-order valence-corrected chi connectivity index (χ1v) is 7.36. The Balaban J connectivity index is 2.08. The van der Waals surface area contributed by atoms with E-state index >= 15 is 0 Å². The van der Waals surface area contributed by atoms with Crippen molar-refractivity contribution in [2.24, 2.45) is 0 Å². The molecule has 11 nitrogen and oxygen atoms in total. The van der Waals surface area contributed by atoms with Crippen LogP contribution in [0.4, 0.5) is 5.82 Å². The van der Waals surface area contributed by atoms with E-state index in [4.69, 9.17) is 19.7 Å². The molecule has 3 atom stereocenters. The van der Waals surface area contributed by atoms with Crippen LogP contribution >= 0.6 is 7.82 Å². The summed E-state index contributed by atoms with van der Waals surface area (Å²) >= 11 is 0. The van der Waals surface area contributed by atoms with Crippen molar-refractivity contribution in [1.82, 2.24) is 9.55 Å². The molecule has 1 aliphatic heterocycles. The number of phosphoric ester groups is 1. The zero-order chi connectivity index (χ0) is 15.6. The van der Waals surface area contributed by atoms with Crippen molar-refractivity contribution >= 4 is 13.6 Å². The first-order chi connectivity index (χ1) is 9.80. The molecule has 2 heterocycles. The van der Waals surface area contributed by atoms with Gasteiger partial charge in [0, 0.05) is 12.6 Å². The molecule has 0 radical (unpaired) electrons. The molecule has 0 aliphatic carbocycles. The zero-order valence-corrected chi connectivity index (χ0v) is 11.5. The van der Waals surface area contributed by atoms with Gasteiger partial charge in [0.15, 0.2) is 12.0 Å². The Hall–Kier alpha value is -1.33. The minimum absolute atomic E-state index is 0.0388. The van der Waals surface area contributed by atoms with Crippen LogP contribution in [0.1, 0.15) is 12.6 Å². The first kappa shape index (κ1) is 16.0. The summed E-state index contributed by atoms with van der Waals surface area (Å²) in [5.74, 6) is -0.0647. The number of aliphatic hydroxyl groups excluding tert-OH is 1. The van der Waals surface area contributed by atoms with E-state index in [1.165, 1.54) is 12.3 Å². The van der Waals surface area contributed by atoms with Gasteiger partial charge in [0.2, 0.25) is 0 Å². The van der Waals surface area contributed by atoms with E-state index in [2.05, 4.69) is 9.51 Å². The molecule has 0 spiro atoms. The highest BCUT2D eigenvalue weighted by atomic mass is 31.2. The number of nitrogens with zero attached hydrogens (tertiary/aromatic N) is 2. The molecule has 0 unspecified atom stereocenters. The zero-order valence-electron chi connectivity index (χ0n) is 10.6. The van der Waals surface area contributed by atoms with Crippen molar-refractivity contribution in [3.8, 4) is 0 Å². The summed E-state index contributed by atoms with van der Waals surface area (Å²) in [6.07, 6.45) is -1.60. The number of ether oxygens (including phenoxy) is 1. The number of hydrogen-bond acceptors (Lipinski definition) is 8. The van der Waals surface area contributed by atoms with E-state index in [1.54, 1.807) is 5.48 Å². The van der Waals surface area contributed by atoms with Crippen molar-refractivity contribution in [3.05, 3.63) is 22.7 Å². The van der Waals surface area contributed by atoms with Crippen LogP contribution in [0.2, 0.25) is 0 Å². The normalized spacial score (nSPS) is 26.0. The lowest BCUT2D eigenvalue weighted by molar-refractivity contribution is -0.0524. The maximum absolute atomic E-state index is 11.7. The van der Waals surface area contributed by atoms with Gasteiger partial charge in [0.1, 0.15) is 6.10 Å². The largest absolute Gasteiger partial charge is 0.469 e. The number of anilines is 1. The summed E-state index contributed by atoms with van der Waals surface area (Å²) in [6, 6.07) is 1.29. The van der Waals surface area contributed by atoms with Crippen LogP contribution in [0.15, 0.2) is 17.1 Å². The second-order valence-electron chi connectivity index (χ2n) is 4.35. The van der Waals surface area contributed by atoms with Crippen LogP contribution in [0.3, 0.4) is 0 Å². The van der Waals surface area contributed by atoms with Crippen LogP contribution in [0, 0.1) is 0 Å². The van der Waals surface area contributed by atoms with Crippen LogP contribution in [0.5, 0.6) is 0 Å². The maximum atomic E-state index is 11.7. The molecule has 1 fully saturated rings. The fourth-order valence-corrected chi connectivity index (χ4v) is 2.30. The minimum Gasteiger partial charge on any atom is -0.388 e. The van der Waals surface area contributed by atoms with Crippen molar-refractivity contribution in [2.75, 3.05) is 12.1 Å². The van der Waals surface area contributed by atoms with Crippen LogP contribution in [-0.4, -0.2) is 48.5 Å². The molecule has 1 saturated heterocycles. The van der Waals surface area contributed by atoms with E-state index in [1.807, 2.05) is 0 Å². The Labute approximate surface area is 118 Å². The van der Waals surface area contributed by atoms with Gasteiger partial charge in [-0.1, -0.05) is 0 Å². The summed E-state index contributed by atoms with van der Waals surface area (Å²) in [6.45, 7) is -0.420. The quantitative estimate of drug-likeness (QED) is 0.328. The Bertz CT molecular complexity index is 601. The van der Waals surface area contributed by atoms with E-state index in [0.29, 0.717) is 0 Å². The Morgan fingerprint density at radius 3 is 2.86 bits per heavy atom. The Morgan fingerprint density at radius 1 is 1.57 bits per heavy atom. The SMILES string of the molecule is O=c1nc(NO)ccn1[C@@H]1O[C@H](COP(=O)(O)O)C[C@H]1O. The van der Waals surface area contributed by atoms with Crippen molar-refractivity contribution in [3.63, 3.8) is 0 Å². The lowest BCUT2D eigenvalue weighted by atomic mass is 10.2. The molecule has 5 N–H and O–H groups in total. The number of aromatic nitrogens is 2. The fraction of sp³-hybridized carbons (Fsp3) is 0.556. The summed E-state index contributed by atoms with van der Waals surface area (Å²) in [4.78, 5) is 32.4. The topological polar surface area (TPSA) is 163 Å². The van der Waals surface area contributed by atoms with Crippen LogP contribution < -0.4 is 11.2 Å². The number of hydrogen-bond donors (Lipinski definition) is 5. The lowest BCUT2D eigenvalue weighted by Crippen LogP contribution is -2.31. The third kappa shape index (κ3) is 4.08. The average molecular weight is 323 g/mol. The van der Waals surface area contributed by atoms with Crippen molar-refractivity contribution in [1.29, 1.82) is 0 Å². The highest BCUT2D eigenvalue weighted by Gasteiger charge is 2.37. The fourth-order valence-electron chi connectivity index (χ4n) is 1.94. The molecule has 1 aromatic heterocycles. The monoisotopic (exact) mass is 323 g/mol. The second-order valence-corrected chi connectivity index (χ2v) is 5.59. The van der Waals surface area contributed by atoms with Gasteiger partial charge in [-0.3, -0.25) is 19.8 Å². The van der Waals surface area contributed by atoms with Crippen LogP contribution in [0.25, 0.3) is 0 Å². The minimum atomic E-state index is -4.63. The van der Waals surface area contributed by atoms with Crippen LogP contribution in [-0.2, 0) is 13.8 Å². The summed E-state index contributed by atoms with van der Waals surface area (Å²) in [7, 11) is -4.63. The molecular weight excluding hydrogens is 309 g/mol. The van der Waals surface area contributed by atoms with Gasteiger partial charge in [0.25, 0.3) is 0 Å². The van der Waals surface area contributed by atoms with Crippen molar-refractivity contribution in [2.45, 2.75) is 24.9 Å². The smallest absolute Gasteiger partial charge is 0.388 e. The van der Waals surface area contributed by atoms with Crippen molar-refractivity contribution < 1.29 is 33.9 Å². The third-order valence-corrected chi connectivity index (χ3v) is 3.30. The average Bonchev–Trinajstić information content (AvgIpc) is 2.77. The summed E-state index contributed by atoms with van der Waals surface area (Å²) < 4.78 is 21.2. The predicted octanol–water partition coefficient (Wildman–Crippen LogP) is -1.20. The molecule has 12 heteroatoms. The van der Waals surface area contributed by atoms with Gasteiger partial charge in [-0.2, -0.15) is 4.98 Å². The molecule has 1 aromatic rings. The second kappa shape index (κ2) is 6.20. The molecule has 0 saturated carbocycles. The van der Waals surface area contributed by atoms with E-state index in [9.17, 15) is 14.5 Å². The molecule has 21 heavy (non-hydrogen) atoms. The standard InChI is InChI=1S/C9H14N3O8P/c13-6-3-5(4-19-21(16,17)18)20-8(6)12-2-1-7(11-15)10-9(12)14/h1-2,5-6,8,13,15H,3-4H2,(H,10,11,14)(H2,16,17,18)/t5-,6+,8+/m0/s1. The number of aliphatic hydroxyl groups is 1. The van der Waals surface area contributed by atoms with Gasteiger partial charge in [-0.05, 0) is 6.07 Å². The van der Waals surface area contributed by atoms with Gasteiger partial charge >= 0.3 is 13.5 Å². The van der Waals surface area contributed by atoms with E-state index < -0.39 is 38.6 Å².